The summed E-state index contributed by atoms with van der Waals surface area (Å²) >= 11 is 1.76. The van der Waals surface area contributed by atoms with Crippen LogP contribution in [-0.2, 0) is 13.0 Å². The second-order valence-electron chi connectivity index (χ2n) is 5.30. The molecule has 4 nitrogen and oxygen atoms in total. The van der Waals surface area contributed by atoms with Gasteiger partial charge in [0.15, 0.2) is 0 Å². The average molecular weight is 314 g/mol. The number of benzene rings is 2. The van der Waals surface area contributed by atoms with Crippen molar-refractivity contribution in [1.29, 1.82) is 0 Å². The molecule has 0 aromatic heterocycles. The molecule has 0 atom stereocenters. The van der Waals surface area contributed by atoms with Gasteiger partial charge in [0.2, 0.25) is 0 Å². The first-order valence-electron chi connectivity index (χ1n) is 7.16. The molecule has 22 heavy (non-hydrogen) atoms. The van der Waals surface area contributed by atoms with E-state index in [4.69, 9.17) is 5.21 Å². The summed E-state index contributed by atoms with van der Waals surface area (Å²) in [5.74, 6) is -0.484. The van der Waals surface area contributed by atoms with Crippen molar-refractivity contribution in [2.45, 2.75) is 17.9 Å². The molecular formula is C17H18N2O2S. The van der Waals surface area contributed by atoms with Crippen LogP contribution in [0, 0.1) is 0 Å². The lowest BCUT2D eigenvalue weighted by Crippen LogP contribution is -2.20. The fourth-order valence-corrected chi connectivity index (χ4v) is 3.20. The van der Waals surface area contributed by atoms with Crippen LogP contribution in [0.3, 0.4) is 0 Å². The smallest absolute Gasteiger partial charge is 0.274 e. The minimum atomic E-state index is -0.484. The number of amides is 1. The molecule has 3 rings (SSSR count). The molecule has 0 saturated heterocycles. The molecule has 0 fully saturated rings. The number of carbonyl (C=O) groups is 1. The van der Waals surface area contributed by atoms with Crippen molar-refractivity contribution < 1.29 is 10.0 Å². The van der Waals surface area contributed by atoms with E-state index in [0.29, 0.717) is 5.56 Å². The van der Waals surface area contributed by atoms with E-state index >= 15 is 0 Å². The predicted octanol–water partition coefficient (Wildman–Crippen LogP) is 3.09. The van der Waals surface area contributed by atoms with Gasteiger partial charge in [0.25, 0.3) is 5.91 Å². The van der Waals surface area contributed by atoms with E-state index in [1.54, 1.807) is 29.4 Å². The van der Waals surface area contributed by atoms with Crippen LogP contribution in [-0.4, -0.2) is 23.9 Å². The number of hydrogen-bond donors (Lipinski definition) is 2. The van der Waals surface area contributed by atoms with E-state index in [0.717, 1.165) is 25.1 Å². The molecule has 0 bridgehead atoms. The second-order valence-corrected chi connectivity index (χ2v) is 6.18. The molecule has 2 aromatic rings. The van der Waals surface area contributed by atoms with Crippen molar-refractivity contribution in [3.8, 4) is 0 Å². The average Bonchev–Trinajstić information content (AvgIpc) is 2.97. The van der Waals surface area contributed by atoms with Gasteiger partial charge in [-0.1, -0.05) is 18.2 Å². The number of hydrogen-bond acceptors (Lipinski definition) is 4. The minimum Gasteiger partial charge on any atom is -0.367 e. The summed E-state index contributed by atoms with van der Waals surface area (Å²) in [7, 11) is 0. The molecule has 114 valence electrons. The maximum absolute atomic E-state index is 11.3. The Morgan fingerprint density at radius 2 is 2.05 bits per heavy atom. The molecule has 1 amide bonds. The Bertz CT molecular complexity index is 686. The zero-order valence-corrected chi connectivity index (χ0v) is 13.2. The van der Waals surface area contributed by atoms with Gasteiger partial charge in [-0.15, -0.1) is 11.8 Å². The zero-order chi connectivity index (χ0) is 15.5. The summed E-state index contributed by atoms with van der Waals surface area (Å²) in [5, 5.41) is 8.64. The third kappa shape index (κ3) is 2.96. The van der Waals surface area contributed by atoms with E-state index in [1.165, 1.54) is 16.1 Å². The molecule has 2 N–H and O–H groups in total. The molecule has 0 spiro atoms. The predicted molar refractivity (Wildman–Crippen MR) is 88.7 cm³/mol. The molecule has 0 aliphatic carbocycles. The number of thioether (sulfide) groups is 1. The van der Waals surface area contributed by atoms with Crippen LogP contribution in [0.4, 0.5) is 5.69 Å². The van der Waals surface area contributed by atoms with Crippen LogP contribution in [0.5, 0.6) is 0 Å². The van der Waals surface area contributed by atoms with E-state index in [-0.39, 0.29) is 0 Å². The highest BCUT2D eigenvalue weighted by molar-refractivity contribution is 7.98. The van der Waals surface area contributed by atoms with Crippen LogP contribution in [0.1, 0.15) is 21.5 Å². The third-order valence-corrected chi connectivity index (χ3v) is 4.70. The van der Waals surface area contributed by atoms with E-state index in [9.17, 15) is 4.79 Å². The van der Waals surface area contributed by atoms with Crippen molar-refractivity contribution in [3.05, 3.63) is 59.2 Å². The van der Waals surface area contributed by atoms with Crippen LogP contribution in [0.15, 0.2) is 47.4 Å². The fraction of sp³-hybridized carbons (Fsp3) is 0.235. The number of nitrogens with one attached hydrogen (secondary N) is 1. The first kappa shape index (κ1) is 14.9. The summed E-state index contributed by atoms with van der Waals surface area (Å²) < 4.78 is 0. The Hall–Kier alpha value is -1.98. The molecule has 2 aromatic carbocycles. The Balaban J connectivity index is 1.77. The second kappa shape index (κ2) is 6.42. The third-order valence-electron chi connectivity index (χ3n) is 3.98. The topological polar surface area (TPSA) is 52.6 Å². The lowest BCUT2D eigenvalue weighted by Gasteiger charge is -2.20. The van der Waals surface area contributed by atoms with Gasteiger partial charge in [0, 0.05) is 29.2 Å². The lowest BCUT2D eigenvalue weighted by molar-refractivity contribution is 0.0706. The van der Waals surface area contributed by atoms with E-state index < -0.39 is 5.91 Å². The monoisotopic (exact) mass is 314 g/mol. The highest BCUT2D eigenvalue weighted by Crippen LogP contribution is 2.32. The molecule has 1 heterocycles. The van der Waals surface area contributed by atoms with Gasteiger partial charge < -0.3 is 4.90 Å². The quantitative estimate of drug-likeness (QED) is 0.517. The number of fused-ring (bicyclic) bond motifs is 1. The molecule has 0 unspecified atom stereocenters. The fourth-order valence-electron chi connectivity index (χ4n) is 2.76. The molecule has 0 saturated carbocycles. The maximum atomic E-state index is 11.3. The van der Waals surface area contributed by atoms with Gasteiger partial charge >= 0.3 is 0 Å². The largest absolute Gasteiger partial charge is 0.367 e. The minimum absolute atomic E-state index is 0.456. The first-order chi connectivity index (χ1) is 10.7. The summed E-state index contributed by atoms with van der Waals surface area (Å²) in [5.41, 5.74) is 5.96. The van der Waals surface area contributed by atoms with Gasteiger partial charge in [-0.3, -0.25) is 10.0 Å². The summed E-state index contributed by atoms with van der Waals surface area (Å²) in [6.45, 7) is 1.85. The van der Waals surface area contributed by atoms with Crippen LogP contribution in [0.2, 0.25) is 0 Å². The first-order valence-corrected chi connectivity index (χ1v) is 8.39. The molecule has 0 radical (unpaired) electrons. The van der Waals surface area contributed by atoms with Crippen LogP contribution < -0.4 is 10.4 Å². The SMILES string of the molecule is CSc1ccc2c(c1)N(Cc1ccc(C(=O)NO)cc1)CC2. The van der Waals surface area contributed by atoms with Crippen molar-refractivity contribution in [2.24, 2.45) is 0 Å². The van der Waals surface area contributed by atoms with Crippen molar-refractivity contribution in [2.75, 3.05) is 17.7 Å². The summed E-state index contributed by atoms with van der Waals surface area (Å²) in [6, 6.07) is 14.0. The van der Waals surface area contributed by atoms with Crippen molar-refractivity contribution in [1.82, 2.24) is 5.48 Å². The number of hydroxylamine groups is 1. The van der Waals surface area contributed by atoms with Gasteiger partial charge in [-0.05, 0) is 48.1 Å². The van der Waals surface area contributed by atoms with Gasteiger partial charge in [0.05, 0.1) is 0 Å². The van der Waals surface area contributed by atoms with Crippen LogP contribution in [0.25, 0.3) is 0 Å². The highest BCUT2D eigenvalue weighted by Gasteiger charge is 2.19. The normalized spacial score (nSPS) is 13.1. The van der Waals surface area contributed by atoms with Gasteiger partial charge in [0.1, 0.15) is 0 Å². The molecule has 1 aliphatic heterocycles. The standard InChI is InChI=1S/C17H18N2O2S/c1-22-15-7-6-13-8-9-19(16(13)10-15)11-12-2-4-14(5-3-12)17(20)18-21/h2-7,10,21H,8-9,11H2,1H3,(H,18,20). The number of carbonyl (C=O) groups excluding carboxylic acids is 1. The zero-order valence-electron chi connectivity index (χ0n) is 12.4. The Labute approximate surface area is 134 Å². The van der Waals surface area contributed by atoms with Crippen molar-refractivity contribution in [3.63, 3.8) is 0 Å². The maximum Gasteiger partial charge on any atom is 0.274 e. The number of rotatable bonds is 4. The highest BCUT2D eigenvalue weighted by atomic mass is 32.2. The Kier molecular flexibility index (Phi) is 4.36. The number of nitrogens with zero attached hydrogens (tertiary/aromatic N) is 1. The molecule has 5 heteroatoms. The number of anilines is 1. The van der Waals surface area contributed by atoms with Gasteiger partial charge in [-0.2, -0.15) is 0 Å². The summed E-state index contributed by atoms with van der Waals surface area (Å²) in [4.78, 5) is 15.0. The van der Waals surface area contributed by atoms with E-state index in [2.05, 4.69) is 29.4 Å². The van der Waals surface area contributed by atoms with E-state index in [1.807, 2.05) is 12.1 Å². The van der Waals surface area contributed by atoms with Gasteiger partial charge in [-0.25, -0.2) is 5.48 Å². The van der Waals surface area contributed by atoms with Crippen molar-refractivity contribution >= 4 is 23.4 Å². The Morgan fingerprint density at radius 1 is 1.27 bits per heavy atom. The van der Waals surface area contributed by atoms with Crippen LogP contribution >= 0.6 is 11.8 Å². The molecular weight excluding hydrogens is 296 g/mol. The lowest BCUT2D eigenvalue weighted by atomic mass is 10.1. The summed E-state index contributed by atoms with van der Waals surface area (Å²) in [6.07, 6.45) is 3.17. The molecule has 1 aliphatic rings. The Morgan fingerprint density at radius 3 is 2.73 bits per heavy atom.